The molecular formula is C16H17NO4S. The minimum Gasteiger partial charge on any atom is -0.492 e. The summed E-state index contributed by atoms with van der Waals surface area (Å²) in [5.74, 6) is -1.25. The predicted octanol–water partition coefficient (Wildman–Crippen LogP) is 2.95. The smallest absolute Gasteiger partial charge is 0.333 e. The van der Waals surface area contributed by atoms with Gasteiger partial charge in [-0.2, -0.15) is 12.6 Å². The molecule has 0 saturated heterocycles. The van der Waals surface area contributed by atoms with Gasteiger partial charge in [0, 0.05) is 23.8 Å². The van der Waals surface area contributed by atoms with Gasteiger partial charge in [-0.05, 0) is 17.5 Å². The van der Waals surface area contributed by atoms with Crippen molar-refractivity contribution in [1.82, 2.24) is 4.73 Å². The topological polar surface area (TPSA) is 71.7 Å². The number of hydrogen-bond acceptors (Lipinski definition) is 5. The molecule has 22 heavy (non-hydrogen) atoms. The van der Waals surface area contributed by atoms with E-state index in [2.05, 4.69) is 19.2 Å². The highest BCUT2D eigenvalue weighted by molar-refractivity contribution is 7.80. The zero-order valence-corrected chi connectivity index (χ0v) is 12.7. The molecule has 0 aliphatic carbocycles. The molecule has 1 unspecified atom stereocenters. The van der Waals surface area contributed by atoms with Gasteiger partial charge in [0.15, 0.2) is 0 Å². The van der Waals surface area contributed by atoms with Crippen LogP contribution in [0.5, 0.6) is 11.8 Å². The van der Waals surface area contributed by atoms with Crippen LogP contribution in [0, 0.1) is 0 Å². The van der Waals surface area contributed by atoms with Crippen molar-refractivity contribution in [3.63, 3.8) is 0 Å². The lowest BCUT2D eigenvalue weighted by Gasteiger charge is -2.11. The first-order chi connectivity index (χ1) is 10.5. The maximum Gasteiger partial charge on any atom is 0.333 e. The van der Waals surface area contributed by atoms with Crippen LogP contribution in [-0.4, -0.2) is 20.9 Å². The summed E-state index contributed by atoms with van der Waals surface area (Å²) in [6, 6.07) is 10.2. The van der Waals surface area contributed by atoms with Crippen LogP contribution in [0.25, 0.3) is 6.08 Å². The highest BCUT2D eigenvalue weighted by Crippen LogP contribution is 2.26. The molecule has 0 aliphatic heterocycles. The second kappa shape index (κ2) is 7.09. The molecule has 0 fully saturated rings. The first-order valence-electron chi connectivity index (χ1n) is 6.72. The van der Waals surface area contributed by atoms with E-state index in [1.54, 1.807) is 6.08 Å². The number of aromatic hydroxyl groups is 2. The van der Waals surface area contributed by atoms with E-state index in [1.807, 2.05) is 24.3 Å². The Morgan fingerprint density at radius 3 is 2.36 bits per heavy atom. The first kappa shape index (κ1) is 16.0. The van der Waals surface area contributed by atoms with Crippen molar-refractivity contribution in [2.75, 3.05) is 0 Å². The van der Waals surface area contributed by atoms with Crippen LogP contribution in [0.1, 0.15) is 29.2 Å². The maximum atomic E-state index is 11.7. The lowest BCUT2D eigenvalue weighted by molar-refractivity contribution is -0.145. The fourth-order valence-corrected chi connectivity index (χ4v) is 2.22. The lowest BCUT2D eigenvalue weighted by atomic mass is 10.1. The zero-order chi connectivity index (χ0) is 16.1. The number of rotatable bonds is 6. The average molecular weight is 319 g/mol. The number of carbonyl (C=O) groups excluding carboxylic acids is 1. The Hall–Kier alpha value is -2.34. The summed E-state index contributed by atoms with van der Waals surface area (Å²) in [5.41, 5.74) is 2.01. The van der Waals surface area contributed by atoms with Gasteiger partial charge in [-0.15, -0.1) is 4.73 Å². The minimum atomic E-state index is -0.566. The van der Waals surface area contributed by atoms with Crippen molar-refractivity contribution in [1.29, 1.82) is 0 Å². The number of hydrogen-bond donors (Lipinski definition) is 3. The van der Waals surface area contributed by atoms with Gasteiger partial charge < -0.3 is 15.1 Å². The number of nitrogens with zero attached hydrogens (tertiary/aromatic N) is 1. The van der Waals surface area contributed by atoms with Gasteiger partial charge in [-0.25, -0.2) is 4.79 Å². The predicted molar refractivity (Wildman–Crippen MR) is 86.8 cm³/mol. The third-order valence-electron chi connectivity index (χ3n) is 3.17. The highest BCUT2D eigenvalue weighted by atomic mass is 32.1. The third kappa shape index (κ3) is 3.85. The molecule has 1 atom stereocenters. The molecule has 0 amide bonds. The van der Waals surface area contributed by atoms with Gasteiger partial charge in [0.25, 0.3) is 0 Å². The molecule has 0 radical (unpaired) electrons. The maximum absolute atomic E-state index is 11.7. The number of benzene rings is 1. The van der Waals surface area contributed by atoms with Gasteiger partial charge in [-0.1, -0.05) is 36.9 Å². The van der Waals surface area contributed by atoms with Crippen molar-refractivity contribution in [2.24, 2.45) is 0 Å². The van der Waals surface area contributed by atoms with E-state index in [9.17, 15) is 15.0 Å². The highest BCUT2D eigenvalue weighted by Gasteiger charge is 2.14. The summed E-state index contributed by atoms with van der Waals surface area (Å²) in [7, 11) is 0. The van der Waals surface area contributed by atoms with Gasteiger partial charge in [0.05, 0.1) is 0 Å². The van der Waals surface area contributed by atoms with E-state index in [0.717, 1.165) is 11.1 Å². The largest absolute Gasteiger partial charge is 0.492 e. The van der Waals surface area contributed by atoms with Crippen LogP contribution in [0.3, 0.4) is 0 Å². The minimum absolute atomic E-state index is 0.106. The van der Waals surface area contributed by atoms with Crippen molar-refractivity contribution in [2.45, 2.75) is 18.1 Å². The molecule has 5 nitrogen and oxygen atoms in total. The van der Waals surface area contributed by atoms with E-state index in [4.69, 9.17) is 4.84 Å². The molecule has 0 bridgehead atoms. The van der Waals surface area contributed by atoms with Crippen LogP contribution in [-0.2, 0) is 4.79 Å². The summed E-state index contributed by atoms with van der Waals surface area (Å²) in [6.07, 6.45) is 2.33. The number of thiol groups is 1. The van der Waals surface area contributed by atoms with E-state index < -0.39 is 5.97 Å². The van der Waals surface area contributed by atoms with Crippen LogP contribution in [0.4, 0.5) is 0 Å². The molecule has 0 spiro atoms. The number of aromatic nitrogens is 1. The second-order valence-electron chi connectivity index (χ2n) is 4.73. The Balaban J connectivity index is 1.88. The summed E-state index contributed by atoms with van der Waals surface area (Å²) < 4.78 is 0.675. The molecule has 116 valence electrons. The fourth-order valence-electron chi connectivity index (χ4n) is 1.92. The van der Waals surface area contributed by atoms with Gasteiger partial charge in [0.1, 0.15) is 0 Å². The zero-order valence-electron chi connectivity index (χ0n) is 11.8. The molecule has 1 heterocycles. The van der Waals surface area contributed by atoms with Crippen LogP contribution in [0.2, 0.25) is 0 Å². The molecule has 0 aliphatic rings. The van der Waals surface area contributed by atoms with E-state index in [-0.39, 0.29) is 23.4 Å². The van der Waals surface area contributed by atoms with Crippen LogP contribution < -0.4 is 4.84 Å². The van der Waals surface area contributed by atoms with Crippen LogP contribution >= 0.6 is 12.6 Å². The van der Waals surface area contributed by atoms with E-state index >= 15 is 0 Å². The molecule has 2 rings (SSSR count). The normalized spacial score (nSPS) is 11.9. The van der Waals surface area contributed by atoms with Crippen molar-refractivity contribution >= 4 is 24.7 Å². The molecule has 1 aromatic carbocycles. The average Bonchev–Trinajstić information content (AvgIpc) is 2.84. The Morgan fingerprint density at radius 2 is 1.82 bits per heavy atom. The second-order valence-corrected chi connectivity index (χ2v) is 5.36. The van der Waals surface area contributed by atoms with Crippen molar-refractivity contribution in [3.8, 4) is 11.8 Å². The van der Waals surface area contributed by atoms with E-state index in [0.29, 0.717) is 11.2 Å². The van der Waals surface area contributed by atoms with Crippen molar-refractivity contribution in [3.05, 3.63) is 54.1 Å². The Kier molecular flexibility index (Phi) is 5.16. The van der Waals surface area contributed by atoms with Crippen molar-refractivity contribution < 1.29 is 19.8 Å². The summed E-state index contributed by atoms with van der Waals surface area (Å²) in [4.78, 5) is 16.6. The Labute approximate surface area is 133 Å². The molecule has 2 N–H and O–H groups in total. The Morgan fingerprint density at radius 1 is 1.23 bits per heavy atom. The molecule has 1 aromatic heterocycles. The molecule has 2 aromatic rings. The van der Waals surface area contributed by atoms with Gasteiger partial charge in [0.2, 0.25) is 11.8 Å². The standard InChI is InChI=1S/C16H17NO4S/c1-2-11-3-5-12(6-4-11)13(22)7-10-16(20)21-17-14(18)8-9-15(17)19/h2-6,8-9,13,18-19,22H,1,7,10H2. The molecule has 0 saturated carbocycles. The summed E-state index contributed by atoms with van der Waals surface area (Å²) in [5, 5.41) is 18.7. The number of carbonyl (C=O) groups is 1. The van der Waals surface area contributed by atoms with Gasteiger partial charge in [-0.3, -0.25) is 0 Å². The summed E-state index contributed by atoms with van der Waals surface area (Å²) >= 11 is 4.47. The monoisotopic (exact) mass is 319 g/mol. The Bertz CT molecular complexity index is 644. The summed E-state index contributed by atoms with van der Waals surface area (Å²) in [6.45, 7) is 3.69. The van der Waals surface area contributed by atoms with E-state index in [1.165, 1.54) is 12.1 Å². The first-order valence-corrected chi connectivity index (χ1v) is 7.24. The van der Waals surface area contributed by atoms with Gasteiger partial charge >= 0.3 is 5.97 Å². The molecular weight excluding hydrogens is 302 g/mol. The van der Waals surface area contributed by atoms with Crippen LogP contribution in [0.15, 0.2) is 43.0 Å². The lowest BCUT2D eigenvalue weighted by Crippen LogP contribution is -2.19. The SMILES string of the molecule is C=Cc1ccc(C(S)CCC(=O)On2c(O)ccc2O)cc1. The third-order valence-corrected chi connectivity index (χ3v) is 3.73. The quantitative estimate of drug-likeness (QED) is 0.716. The fraction of sp³-hybridized carbons (Fsp3) is 0.188. The molecule has 6 heteroatoms.